The highest BCUT2D eigenvalue weighted by atomic mass is 16.5. The molecule has 0 atom stereocenters. The lowest BCUT2D eigenvalue weighted by atomic mass is 9.89. The lowest BCUT2D eigenvalue weighted by molar-refractivity contribution is 0.373. The first-order chi connectivity index (χ1) is 43.7. The van der Waals surface area contributed by atoms with Crippen molar-refractivity contribution in [3.63, 3.8) is 0 Å². The number of hydrogen-bond donors (Lipinski definition) is 0. The summed E-state index contributed by atoms with van der Waals surface area (Å²) in [4.78, 5) is 57.3. The Balaban J connectivity index is 0.000000535. The molecule has 20 heteroatoms. The van der Waals surface area contributed by atoms with Crippen molar-refractivity contribution in [2.75, 3.05) is 14.2 Å². The second-order valence-corrected chi connectivity index (χ2v) is 31.3. The summed E-state index contributed by atoms with van der Waals surface area (Å²) in [5.74, 6) is 1.47. The average Bonchev–Trinajstić information content (AvgIpc) is 1.09. The van der Waals surface area contributed by atoms with Crippen molar-refractivity contribution >= 4 is 0 Å². The molecule has 20 nitrogen and oxygen atoms in total. The van der Waals surface area contributed by atoms with Crippen molar-refractivity contribution in [1.29, 1.82) is 0 Å². The van der Waals surface area contributed by atoms with E-state index in [2.05, 4.69) is 277 Å². The Bertz CT molecular complexity index is 3010. The summed E-state index contributed by atoms with van der Waals surface area (Å²) in [6, 6.07) is 12.0. The molecule has 0 aliphatic rings. The third-order valence-electron chi connectivity index (χ3n) is 12.8. The van der Waals surface area contributed by atoms with Crippen LogP contribution < -0.4 is 9.47 Å². The number of nitrogens with zero attached hydrogens (tertiary/aromatic N) is 18. The third kappa shape index (κ3) is 36.5. The van der Waals surface area contributed by atoms with Crippen LogP contribution in [0.1, 0.15) is 244 Å². The van der Waals surface area contributed by atoms with E-state index in [0.29, 0.717) is 11.9 Å². The summed E-state index contributed by atoms with van der Waals surface area (Å²) in [5, 5.41) is 15.3. The highest BCUT2D eigenvalue weighted by Gasteiger charge is 2.20. The minimum atomic E-state index is 0.0293. The van der Waals surface area contributed by atoms with Crippen LogP contribution in [0.3, 0.4) is 0 Å². The topological polar surface area (TPSA) is 250 Å². The van der Waals surface area contributed by atoms with E-state index >= 15 is 0 Å². The van der Waals surface area contributed by atoms with Gasteiger partial charge in [-0.05, 0) is 65.3 Å². The maximum Gasteiger partial charge on any atom is 0.316 e. The van der Waals surface area contributed by atoms with Crippen molar-refractivity contribution < 1.29 is 9.47 Å². The Morgan fingerprint density at radius 2 is 0.811 bits per heavy atom. The molecule has 0 amide bonds. The predicted molar refractivity (Wildman–Crippen MR) is 384 cm³/mol. The molecule has 0 aliphatic carbocycles. The molecule has 0 N–H and O–H groups in total. The van der Waals surface area contributed by atoms with E-state index in [1.54, 1.807) is 107 Å². The number of rotatable bonds is 2. The monoisotopic (exact) mass is 1300 g/mol. The van der Waals surface area contributed by atoms with Crippen LogP contribution >= 0.6 is 0 Å². The standard InChI is InChI=1S/2C9H14N2O.C9H14N2.6C8H12N2/c1-9(2,3)7-5-10-6-8(11-7)12-4;1-9(2,3)7-5-6-10-8(11-7)12-4;1-7-5-10-6-8(11-7)9(2,3)4;1-8(2,3)7-4-9-6-10-5-7;1-8(2,3)7-6-9-4-5-10-7;1-8(2,3)7-4-5-9-6-10-7;1-8(2,3)7-4-5-9-10-6-7;1-8(2,3)7-9-5-4-6-10-7;1-8(2,3)7-5-4-6-9-10-7/h2*5-6H,1-4H3;5-6H,1-4H3;6*4-6H,1-3H3. The van der Waals surface area contributed by atoms with Crippen LogP contribution in [0.4, 0.5) is 0 Å². The van der Waals surface area contributed by atoms with Crippen LogP contribution in [0.2, 0.25) is 0 Å². The van der Waals surface area contributed by atoms with Gasteiger partial charge in [0.05, 0.1) is 60.8 Å². The van der Waals surface area contributed by atoms with Gasteiger partial charge >= 0.3 is 6.01 Å². The van der Waals surface area contributed by atoms with Crippen molar-refractivity contribution in [3.8, 4) is 11.9 Å². The van der Waals surface area contributed by atoms with Crippen molar-refractivity contribution in [3.05, 3.63) is 205 Å². The van der Waals surface area contributed by atoms with E-state index in [4.69, 9.17) is 9.47 Å². The number of aryl methyl sites for hydroxylation is 1. The average molecular weight is 1300 g/mol. The lowest BCUT2D eigenvalue weighted by Crippen LogP contribution is -2.14. The van der Waals surface area contributed by atoms with Crippen LogP contribution in [0.15, 0.2) is 148 Å². The molecule has 0 spiro atoms. The van der Waals surface area contributed by atoms with Gasteiger partial charge in [0.2, 0.25) is 5.88 Å². The van der Waals surface area contributed by atoms with Gasteiger partial charge in [-0.3, -0.25) is 24.9 Å². The SMILES string of the molecule is CC(C)(C)c1cccnn1.CC(C)(C)c1ccncn1.CC(C)(C)c1ccnnc1.CC(C)(C)c1cnccn1.CC(C)(C)c1cncnc1.CC(C)(C)c1ncccn1.COc1cncc(C(C)(C)C)n1.COc1nccc(C(C)(C)C)n1.Cc1cncc(C(C)(C)C)n1. The lowest BCUT2D eigenvalue weighted by Gasteiger charge is -2.17. The Hall–Kier alpha value is -8.68. The molecule has 0 fully saturated rings. The summed E-state index contributed by atoms with van der Waals surface area (Å²) in [7, 11) is 3.16. The van der Waals surface area contributed by atoms with Crippen molar-refractivity contribution in [1.82, 2.24) is 90.2 Å². The molecule has 0 bridgehead atoms. The second-order valence-electron chi connectivity index (χ2n) is 31.3. The van der Waals surface area contributed by atoms with Gasteiger partial charge < -0.3 is 9.47 Å². The van der Waals surface area contributed by atoms with Crippen molar-refractivity contribution in [2.45, 2.75) is 243 Å². The van der Waals surface area contributed by atoms with E-state index in [-0.39, 0.29) is 48.7 Å². The molecule has 9 aromatic heterocycles. The van der Waals surface area contributed by atoms with Gasteiger partial charge in [-0.2, -0.15) is 25.4 Å². The molecule has 9 rings (SSSR count). The van der Waals surface area contributed by atoms with Gasteiger partial charge in [0.15, 0.2) is 0 Å². The normalized spacial score (nSPS) is 11.5. The molecule has 9 aromatic rings. The zero-order valence-corrected chi connectivity index (χ0v) is 63.2. The summed E-state index contributed by atoms with van der Waals surface area (Å²) in [6.45, 7) is 59.3. The highest BCUT2D eigenvalue weighted by molar-refractivity contribution is 5.18. The fourth-order valence-electron chi connectivity index (χ4n) is 6.72. The molecule has 9 heterocycles. The highest BCUT2D eigenvalue weighted by Crippen LogP contribution is 2.25. The molecule has 0 saturated carbocycles. The zero-order valence-electron chi connectivity index (χ0n) is 63.2. The minimum absolute atomic E-state index is 0.0293. The maximum absolute atomic E-state index is 4.98. The summed E-state index contributed by atoms with van der Waals surface area (Å²) in [5.41, 5.74) is 10.5. The predicted octanol–water partition coefficient (Wildman–Crippen LogP) is 16.3. The summed E-state index contributed by atoms with van der Waals surface area (Å²) >= 11 is 0. The van der Waals surface area contributed by atoms with Gasteiger partial charge in [-0.25, -0.2) is 39.9 Å². The van der Waals surface area contributed by atoms with Crippen LogP contribution in [0.5, 0.6) is 11.9 Å². The van der Waals surface area contributed by atoms with E-state index in [1.165, 1.54) is 11.1 Å². The summed E-state index contributed by atoms with van der Waals surface area (Å²) in [6.07, 6.45) is 31.3. The van der Waals surface area contributed by atoms with Gasteiger partial charge in [-0.15, -0.1) is 0 Å². The quantitative estimate of drug-likeness (QED) is 0.156. The number of methoxy groups -OCH3 is 2. The first-order valence-corrected chi connectivity index (χ1v) is 31.9. The molecule has 0 aliphatic heterocycles. The number of hydrogen-bond acceptors (Lipinski definition) is 20. The summed E-state index contributed by atoms with van der Waals surface area (Å²) < 4.78 is 9.90. The van der Waals surface area contributed by atoms with Crippen LogP contribution in [0, 0.1) is 6.92 Å². The Labute approximate surface area is 570 Å². The fourth-order valence-corrected chi connectivity index (χ4v) is 6.72. The van der Waals surface area contributed by atoms with Crippen LogP contribution in [-0.2, 0) is 48.7 Å². The number of ether oxygens (including phenoxy) is 2. The van der Waals surface area contributed by atoms with Gasteiger partial charge in [0.25, 0.3) is 0 Å². The molecule has 0 unspecified atom stereocenters. The van der Waals surface area contributed by atoms with Gasteiger partial charge in [-0.1, -0.05) is 187 Å². The Morgan fingerprint density at radius 3 is 1.16 bits per heavy atom. The molecule has 0 saturated heterocycles. The molecular formula is C75H114N18O2. The first kappa shape index (κ1) is 84.3. The fraction of sp³-hybridized carbons (Fsp3) is 0.520. The molecule has 95 heavy (non-hydrogen) atoms. The largest absolute Gasteiger partial charge is 0.480 e. The smallest absolute Gasteiger partial charge is 0.316 e. The molecule has 0 aromatic carbocycles. The van der Waals surface area contributed by atoms with E-state index in [9.17, 15) is 0 Å². The third-order valence-corrected chi connectivity index (χ3v) is 12.8. The van der Waals surface area contributed by atoms with Gasteiger partial charge in [0, 0.05) is 130 Å². The Kier molecular flexibility index (Phi) is 34.3. The number of aromatic nitrogens is 18. The van der Waals surface area contributed by atoms with E-state index < -0.39 is 0 Å². The zero-order chi connectivity index (χ0) is 72.5. The van der Waals surface area contributed by atoms with E-state index in [1.807, 2.05) is 61.9 Å². The molecule has 516 valence electrons. The van der Waals surface area contributed by atoms with Crippen LogP contribution in [0.25, 0.3) is 0 Å². The van der Waals surface area contributed by atoms with Crippen LogP contribution in [-0.4, -0.2) is 104 Å². The van der Waals surface area contributed by atoms with Gasteiger partial charge in [0.1, 0.15) is 18.5 Å². The minimum Gasteiger partial charge on any atom is -0.480 e. The Morgan fingerprint density at radius 1 is 0.284 bits per heavy atom. The first-order valence-electron chi connectivity index (χ1n) is 31.9. The molecule has 0 radical (unpaired) electrons. The van der Waals surface area contributed by atoms with Crippen molar-refractivity contribution in [2.24, 2.45) is 0 Å². The second kappa shape index (κ2) is 38.6. The van der Waals surface area contributed by atoms with E-state index in [0.717, 1.165) is 45.7 Å². The molecular weight excluding hydrogens is 1180 g/mol. The maximum atomic E-state index is 4.98.